The molecule has 1 atom stereocenters. The van der Waals surface area contributed by atoms with E-state index >= 15 is 0 Å². The lowest BCUT2D eigenvalue weighted by molar-refractivity contribution is -0.113. The molecular formula is C14H20N2O2S. The van der Waals surface area contributed by atoms with Crippen LogP contribution < -0.4 is 11.1 Å². The molecule has 1 amide bonds. The van der Waals surface area contributed by atoms with E-state index in [0.29, 0.717) is 17.5 Å². The lowest BCUT2D eigenvalue weighted by Crippen LogP contribution is -2.17. The molecule has 4 nitrogen and oxygen atoms in total. The van der Waals surface area contributed by atoms with Gasteiger partial charge in [-0.1, -0.05) is 6.07 Å². The zero-order valence-electron chi connectivity index (χ0n) is 11.1. The summed E-state index contributed by atoms with van der Waals surface area (Å²) in [5, 5.41) is 2.90. The van der Waals surface area contributed by atoms with E-state index in [-0.39, 0.29) is 5.91 Å². The van der Waals surface area contributed by atoms with Crippen LogP contribution in [0.2, 0.25) is 0 Å². The molecule has 0 saturated carbocycles. The van der Waals surface area contributed by atoms with Crippen molar-refractivity contribution in [2.24, 2.45) is 0 Å². The molecule has 1 heterocycles. The van der Waals surface area contributed by atoms with Crippen LogP contribution in [0.15, 0.2) is 18.2 Å². The number of hydrogen-bond acceptors (Lipinski definition) is 4. The van der Waals surface area contributed by atoms with E-state index in [4.69, 9.17) is 10.5 Å². The van der Waals surface area contributed by atoms with Crippen LogP contribution >= 0.6 is 11.8 Å². The Morgan fingerprint density at radius 3 is 3.16 bits per heavy atom. The monoisotopic (exact) mass is 280 g/mol. The minimum Gasteiger partial charge on any atom is -0.399 e. The Morgan fingerprint density at radius 2 is 2.42 bits per heavy atom. The van der Waals surface area contributed by atoms with Gasteiger partial charge in [0.1, 0.15) is 0 Å². The molecule has 0 spiro atoms. The summed E-state index contributed by atoms with van der Waals surface area (Å²) in [4.78, 5) is 11.8. The van der Waals surface area contributed by atoms with E-state index in [1.54, 1.807) is 17.8 Å². The number of rotatable bonds is 5. The van der Waals surface area contributed by atoms with E-state index in [2.05, 4.69) is 5.32 Å². The quantitative estimate of drug-likeness (QED) is 0.813. The molecule has 1 fully saturated rings. The van der Waals surface area contributed by atoms with Gasteiger partial charge in [0.15, 0.2) is 0 Å². The standard InChI is InChI=1S/C14H20N2O2S/c1-10-4-5-11(15)7-13(10)16-14(17)9-19-8-12-3-2-6-18-12/h4-5,7,12H,2-3,6,8-9,15H2,1H3,(H,16,17). The SMILES string of the molecule is Cc1ccc(N)cc1NC(=O)CSCC1CCCO1. The van der Waals surface area contributed by atoms with E-state index < -0.39 is 0 Å². The maximum atomic E-state index is 11.8. The average molecular weight is 280 g/mol. The number of carbonyl (C=O) groups is 1. The number of thioether (sulfide) groups is 1. The number of hydrogen-bond donors (Lipinski definition) is 2. The molecule has 1 saturated heterocycles. The van der Waals surface area contributed by atoms with Gasteiger partial charge in [-0.25, -0.2) is 0 Å². The van der Waals surface area contributed by atoms with Crippen molar-refractivity contribution in [2.45, 2.75) is 25.9 Å². The molecule has 1 unspecified atom stereocenters. The Kier molecular flexibility index (Phi) is 5.10. The van der Waals surface area contributed by atoms with E-state index in [1.165, 1.54) is 0 Å². The van der Waals surface area contributed by atoms with Crippen LogP contribution in [0.3, 0.4) is 0 Å². The number of carbonyl (C=O) groups excluding carboxylic acids is 1. The Bertz CT molecular complexity index is 445. The van der Waals surface area contributed by atoms with Crippen molar-refractivity contribution in [2.75, 3.05) is 29.2 Å². The Balaban J connectivity index is 1.75. The lowest BCUT2D eigenvalue weighted by Gasteiger charge is -2.10. The number of anilines is 2. The van der Waals surface area contributed by atoms with Crippen LogP contribution in [-0.2, 0) is 9.53 Å². The van der Waals surface area contributed by atoms with Crippen molar-refractivity contribution in [1.82, 2.24) is 0 Å². The van der Waals surface area contributed by atoms with E-state index in [0.717, 1.165) is 36.5 Å². The van der Waals surface area contributed by atoms with Crippen molar-refractivity contribution < 1.29 is 9.53 Å². The predicted octanol–water partition coefficient (Wildman–Crippen LogP) is 2.43. The summed E-state index contributed by atoms with van der Waals surface area (Å²) >= 11 is 1.62. The van der Waals surface area contributed by atoms with E-state index in [1.807, 2.05) is 19.1 Å². The maximum Gasteiger partial charge on any atom is 0.234 e. The van der Waals surface area contributed by atoms with Gasteiger partial charge >= 0.3 is 0 Å². The summed E-state index contributed by atoms with van der Waals surface area (Å²) in [6.45, 7) is 2.81. The van der Waals surface area contributed by atoms with Gasteiger partial charge in [-0.05, 0) is 37.5 Å². The molecule has 0 bridgehead atoms. The second kappa shape index (κ2) is 6.82. The van der Waals surface area contributed by atoms with Gasteiger partial charge in [-0.3, -0.25) is 4.79 Å². The average Bonchev–Trinajstić information content (AvgIpc) is 2.87. The zero-order chi connectivity index (χ0) is 13.7. The zero-order valence-corrected chi connectivity index (χ0v) is 12.0. The first-order chi connectivity index (χ1) is 9.15. The van der Waals surface area contributed by atoms with Crippen LogP contribution in [0, 0.1) is 6.92 Å². The topological polar surface area (TPSA) is 64.3 Å². The fraction of sp³-hybridized carbons (Fsp3) is 0.500. The first kappa shape index (κ1) is 14.2. The van der Waals surface area contributed by atoms with Gasteiger partial charge in [-0.15, -0.1) is 11.8 Å². The fourth-order valence-electron chi connectivity index (χ4n) is 2.02. The lowest BCUT2D eigenvalue weighted by atomic mass is 10.2. The molecule has 0 aliphatic carbocycles. The van der Waals surface area contributed by atoms with Gasteiger partial charge in [0.25, 0.3) is 0 Å². The highest BCUT2D eigenvalue weighted by atomic mass is 32.2. The van der Waals surface area contributed by atoms with Crippen LogP contribution in [0.1, 0.15) is 18.4 Å². The molecule has 1 aromatic rings. The second-order valence-corrected chi connectivity index (χ2v) is 5.80. The maximum absolute atomic E-state index is 11.8. The van der Waals surface area contributed by atoms with Crippen LogP contribution in [0.4, 0.5) is 11.4 Å². The number of nitrogen functional groups attached to an aromatic ring is 1. The van der Waals surface area contributed by atoms with Gasteiger partial charge in [0.05, 0.1) is 11.9 Å². The summed E-state index contributed by atoms with van der Waals surface area (Å²) in [5.41, 5.74) is 8.19. The third-order valence-electron chi connectivity index (χ3n) is 3.10. The van der Waals surface area contributed by atoms with Crippen LogP contribution in [-0.4, -0.2) is 30.1 Å². The molecule has 0 aromatic heterocycles. The Morgan fingerprint density at radius 1 is 1.58 bits per heavy atom. The minimum absolute atomic E-state index is 0.0108. The van der Waals surface area contributed by atoms with E-state index in [9.17, 15) is 4.79 Å². The third kappa shape index (κ3) is 4.44. The summed E-state index contributed by atoms with van der Waals surface area (Å²) in [6, 6.07) is 5.53. The minimum atomic E-state index is 0.0108. The first-order valence-corrected chi connectivity index (χ1v) is 7.66. The van der Waals surface area contributed by atoms with Gasteiger partial charge in [0.2, 0.25) is 5.91 Å². The molecule has 1 aromatic carbocycles. The largest absolute Gasteiger partial charge is 0.399 e. The first-order valence-electron chi connectivity index (χ1n) is 6.50. The summed E-state index contributed by atoms with van der Waals surface area (Å²) in [7, 11) is 0. The summed E-state index contributed by atoms with van der Waals surface area (Å²) in [5.74, 6) is 1.36. The molecule has 1 aliphatic rings. The summed E-state index contributed by atoms with van der Waals surface area (Å²) in [6.07, 6.45) is 2.58. The number of nitrogens with one attached hydrogen (secondary N) is 1. The number of ether oxygens (including phenoxy) is 1. The molecule has 2 rings (SSSR count). The summed E-state index contributed by atoms with van der Waals surface area (Å²) < 4.78 is 5.52. The van der Waals surface area contributed by atoms with Gasteiger partial charge < -0.3 is 15.8 Å². The Labute approximate surface area is 118 Å². The second-order valence-electron chi connectivity index (χ2n) is 4.77. The van der Waals surface area contributed by atoms with Crippen molar-refractivity contribution in [3.8, 4) is 0 Å². The van der Waals surface area contributed by atoms with Gasteiger partial charge in [0, 0.05) is 23.7 Å². The van der Waals surface area contributed by atoms with Crippen LogP contribution in [0.25, 0.3) is 0 Å². The molecular weight excluding hydrogens is 260 g/mol. The van der Waals surface area contributed by atoms with Crippen molar-refractivity contribution in [3.63, 3.8) is 0 Å². The van der Waals surface area contributed by atoms with Crippen molar-refractivity contribution in [3.05, 3.63) is 23.8 Å². The van der Waals surface area contributed by atoms with Crippen LogP contribution in [0.5, 0.6) is 0 Å². The molecule has 1 aliphatic heterocycles. The highest BCUT2D eigenvalue weighted by molar-refractivity contribution is 8.00. The normalized spacial score (nSPS) is 18.5. The molecule has 0 radical (unpaired) electrons. The molecule has 5 heteroatoms. The number of amides is 1. The predicted molar refractivity (Wildman–Crippen MR) is 80.5 cm³/mol. The van der Waals surface area contributed by atoms with Gasteiger partial charge in [-0.2, -0.15) is 0 Å². The number of benzene rings is 1. The highest BCUT2D eigenvalue weighted by Gasteiger charge is 2.15. The Hall–Kier alpha value is -1.20. The molecule has 104 valence electrons. The smallest absolute Gasteiger partial charge is 0.234 e. The number of aryl methyl sites for hydroxylation is 1. The van der Waals surface area contributed by atoms with Crippen molar-refractivity contribution in [1.29, 1.82) is 0 Å². The van der Waals surface area contributed by atoms with Crippen molar-refractivity contribution >= 4 is 29.0 Å². The number of nitrogens with two attached hydrogens (primary N) is 1. The third-order valence-corrected chi connectivity index (χ3v) is 4.17. The fourth-order valence-corrected chi connectivity index (χ4v) is 2.92. The molecule has 19 heavy (non-hydrogen) atoms. The molecule has 3 N–H and O–H groups in total. The highest BCUT2D eigenvalue weighted by Crippen LogP contribution is 2.20.